The van der Waals surface area contributed by atoms with Gasteiger partial charge in [0.2, 0.25) is 5.91 Å². The van der Waals surface area contributed by atoms with Crippen molar-refractivity contribution in [2.45, 2.75) is 55.9 Å². The third-order valence-corrected chi connectivity index (χ3v) is 7.78. The number of nitrogens with one attached hydrogen (secondary N) is 2. The molecule has 0 radical (unpaired) electrons. The molecule has 164 valence electrons. The van der Waals surface area contributed by atoms with Crippen LogP contribution in [0.5, 0.6) is 0 Å². The number of benzene rings is 2. The molecule has 0 spiro atoms. The first kappa shape index (κ1) is 21.6. The second-order valence-electron chi connectivity index (χ2n) is 8.84. The van der Waals surface area contributed by atoms with Crippen molar-refractivity contribution in [3.05, 3.63) is 65.7 Å². The molecule has 1 aliphatic carbocycles. The predicted molar refractivity (Wildman–Crippen MR) is 122 cm³/mol. The maximum Gasteiger partial charge on any atom is 0.263 e. The van der Waals surface area contributed by atoms with E-state index in [4.69, 9.17) is 0 Å². The largest absolute Gasteiger partial charge is 0.353 e. The Morgan fingerprint density at radius 2 is 1.71 bits per heavy atom. The van der Waals surface area contributed by atoms with Crippen LogP contribution >= 0.6 is 0 Å². The van der Waals surface area contributed by atoms with Crippen molar-refractivity contribution < 1.29 is 13.2 Å². The zero-order valence-corrected chi connectivity index (χ0v) is 18.8. The number of fused-ring (bicyclic) bond motifs is 1. The first-order chi connectivity index (χ1) is 14.8. The highest BCUT2D eigenvalue weighted by Gasteiger charge is 2.37. The number of sulfonamides is 1. The molecule has 1 amide bonds. The second-order valence-corrected chi connectivity index (χ2v) is 10.5. The number of amidine groups is 1. The maximum absolute atomic E-state index is 13.2. The Morgan fingerprint density at radius 1 is 1.06 bits per heavy atom. The van der Waals surface area contributed by atoms with Crippen molar-refractivity contribution in [2.24, 2.45) is 10.9 Å². The summed E-state index contributed by atoms with van der Waals surface area (Å²) in [5.74, 6) is -0.0163. The second kappa shape index (κ2) is 8.46. The van der Waals surface area contributed by atoms with Crippen LogP contribution in [0.1, 0.15) is 50.7 Å². The van der Waals surface area contributed by atoms with Gasteiger partial charge in [-0.2, -0.15) is 0 Å². The highest BCUT2D eigenvalue weighted by molar-refractivity contribution is 7.90. The number of aliphatic imine (C=N–C) groups is 1. The lowest BCUT2D eigenvalue weighted by Gasteiger charge is -2.31. The van der Waals surface area contributed by atoms with Crippen molar-refractivity contribution in [1.82, 2.24) is 10.0 Å². The van der Waals surface area contributed by atoms with E-state index in [1.165, 1.54) is 5.56 Å². The summed E-state index contributed by atoms with van der Waals surface area (Å²) >= 11 is 0. The van der Waals surface area contributed by atoms with E-state index in [-0.39, 0.29) is 28.0 Å². The average Bonchev–Trinajstić information content (AvgIpc) is 3.34. The van der Waals surface area contributed by atoms with E-state index in [0.717, 1.165) is 25.7 Å². The Hall–Kier alpha value is -2.67. The van der Waals surface area contributed by atoms with Crippen molar-refractivity contribution in [3.63, 3.8) is 0 Å². The van der Waals surface area contributed by atoms with Crippen LogP contribution in [-0.4, -0.2) is 32.7 Å². The van der Waals surface area contributed by atoms with Gasteiger partial charge in [0.15, 0.2) is 0 Å². The van der Waals surface area contributed by atoms with E-state index in [1.807, 2.05) is 32.0 Å². The van der Waals surface area contributed by atoms with Crippen LogP contribution in [0.15, 0.2) is 64.5 Å². The van der Waals surface area contributed by atoms with Crippen LogP contribution < -0.4 is 10.0 Å². The fourth-order valence-electron chi connectivity index (χ4n) is 4.65. The zero-order chi connectivity index (χ0) is 22.1. The Morgan fingerprint density at radius 3 is 2.39 bits per heavy atom. The van der Waals surface area contributed by atoms with Gasteiger partial charge >= 0.3 is 0 Å². The molecule has 1 atom stereocenters. The van der Waals surface area contributed by atoms with Gasteiger partial charge in [-0.25, -0.2) is 8.42 Å². The molecule has 1 heterocycles. The van der Waals surface area contributed by atoms with Crippen LogP contribution in [0.3, 0.4) is 0 Å². The zero-order valence-electron chi connectivity index (χ0n) is 18.0. The van der Waals surface area contributed by atoms with Crippen LogP contribution in [0, 0.1) is 5.92 Å². The van der Waals surface area contributed by atoms with Crippen molar-refractivity contribution in [2.75, 3.05) is 6.54 Å². The van der Waals surface area contributed by atoms with E-state index in [9.17, 15) is 13.2 Å². The lowest BCUT2D eigenvalue weighted by Crippen LogP contribution is -2.44. The first-order valence-corrected chi connectivity index (χ1v) is 12.3. The minimum Gasteiger partial charge on any atom is -0.353 e. The Labute approximate surface area is 184 Å². The summed E-state index contributed by atoms with van der Waals surface area (Å²) in [6.07, 6.45) is 4.40. The Bertz CT molecular complexity index is 1090. The van der Waals surface area contributed by atoms with Gasteiger partial charge in [0, 0.05) is 17.5 Å². The molecule has 0 bridgehead atoms. The molecule has 0 aromatic heterocycles. The summed E-state index contributed by atoms with van der Waals surface area (Å²) in [5.41, 5.74) is 1.72. The van der Waals surface area contributed by atoms with E-state index >= 15 is 0 Å². The van der Waals surface area contributed by atoms with E-state index in [0.29, 0.717) is 12.1 Å². The molecule has 6 nitrogen and oxygen atoms in total. The van der Waals surface area contributed by atoms with Crippen LogP contribution in [0.2, 0.25) is 0 Å². The number of rotatable bonds is 6. The third-order valence-electron chi connectivity index (χ3n) is 6.38. The third kappa shape index (κ3) is 4.24. The summed E-state index contributed by atoms with van der Waals surface area (Å²) in [5, 5.41) is 3.14. The molecule has 7 heteroatoms. The van der Waals surface area contributed by atoms with Crippen LogP contribution in [0.25, 0.3) is 0 Å². The standard InChI is InChI=1S/C24H29N3O3S/c1-17(2)21(26-22-19-12-6-7-13-20(19)31(29,30)27-22)23(28)25-16-24(14-8-9-15-24)18-10-4-3-5-11-18/h3-7,10-13,17,21H,8-9,14-16H2,1-2H3,(H,25,28)(H,26,27)/t21-/m0/s1. The van der Waals surface area contributed by atoms with Crippen molar-refractivity contribution >= 4 is 21.8 Å². The number of hydrogen-bond acceptors (Lipinski definition) is 4. The molecular weight excluding hydrogens is 410 g/mol. The number of carbonyl (C=O) groups excluding carboxylic acids is 1. The summed E-state index contributed by atoms with van der Waals surface area (Å²) in [6.45, 7) is 4.41. The van der Waals surface area contributed by atoms with Crippen LogP contribution in [-0.2, 0) is 20.2 Å². The highest BCUT2D eigenvalue weighted by Crippen LogP contribution is 2.40. The van der Waals surface area contributed by atoms with E-state index < -0.39 is 16.1 Å². The fourth-order valence-corrected chi connectivity index (χ4v) is 5.89. The molecule has 2 aliphatic rings. The number of hydrogen-bond donors (Lipinski definition) is 2. The maximum atomic E-state index is 13.2. The van der Waals surface area contributed by atoms with Gasteiger partial charge in [0.05, 0.1) is 4.90 Å². The molecule has 2 aromatic carbocycles. The molecule has 2 N–H and O–H groups in total. The molecular formula is C24H29N3O3S. The molecule has 1 saturated carbocycles. The summed E-state index contributed by atoms with van der Waals surface area (Å²) in [6, 6.07) is 16.4. The molecule has 31 heavy (non-hydrogen) atoms. The SMILES string of the molecule is CC(C)[C@H](N=C1NS(=O)(=O)c2ccccc21)C(=O)NCC1(c2ccccc2)CCCC1. The number of amides is 1. The number of nitrogens with zero attached hydrogens (tertiary/aromatic N) is 1. The van der Waals surface area contributed by atoms with E-state index in [2.05, 4.69) is 27.2 Å². The van der Waals surface area contributed by atoms with Gasteiger partial charge in [-0.05, 0) is 36.5 Å². The normalized spacial score (nSPS) is 20.9. The predicted octanol–water partition coefficient (Wildman–Crippen LogP) is 3.38. The first-order valence-electron chi connectivity index (χ1n) is 10.9. The minimum absolute atomic E-state index is 0.0485. The monoisotopic (exact) mass is 439 g/mol. The fraction of sp³-hybridized carbons (Fsp3) is 0.417. The molecule has 1 aliphatic heterocycles. The quantitative estimate of drug-likeness (QED) is 0.723. The lowest BCUT2D eigenvalue weighted by molar-refractivity contribution is -0.123. The minimum atomic E-state index is -3.64. The van der Waals surface area contributed by atoms with Crippen molar-refractivity contribution in [1.29, 1.82) is 0 Å². The van der Waals surface area contributed by atoms with E-state index in [1.54, 1.807) is 24.3 Å². The van der Waals surface area contributed by atoms with Crippen molar-refractivity contribution in [3.8, 4) is 0 Å². The van der Waals surface area contributed by atoms with Crippen LogP contribution in [0.4, 0.5) is 0 Å². The van der Waals surface area contributed by atoms with Gasteiger partial charge in [0.25, 0.3) is 10.0 Å². The summed E-state index contributed by atoms with van der Waals surface area (Å²) in [7, 11) is -3.64. The molecule has 1 fully saturated rings. The Kier molecular flexibility index (Phi) is 5.88. The van der Waals surface area contributed by atoms with Gasteiger partial charge in [-0.3, -0.25) is 14.5 Å². The number of carbonyl (C=O) groups is 1. The molecule has 4 rings (SSSR count). The van der Waals surface area contributed by atoms with Gasteiger partial charge in [0.1, 0.15) is 11.9 Å². The van der Waals surface area contributed by atoms with Gasteiger partial charge < -0.3 is 5.32 Å². The van der Waals surface area contributed by atoms with Gasteiger partial charge in [-0.15, -0.1) is 0 Å². The summed E-state index contributed by atoms with van der Waals surface area (Å²) in [4.78, 5) is 17.9. The molecule has 2 aromatic rings. The van der Waals surface area contributed by atoms with Gasteiger partial charge in [-0.1, -0.05) is 69.2 Å². The highest BCUT2D eigenvalue weighted by atomic mass is 32.2. The topological polar surface area (TPSA) is 87.6 Å². The average molecular weight is 440 g/mol. The lowest BCUT2D eigenvalue weighted by atomic mass is 9.78. The molecule has 0 unspecified atom stereocenters. The smallest absolute Gasteiger partial charge is 0.263 e. The summed E-state index contributed by atoms with van der Waals surface area (Å²) < 4.78 is 27.3. The molecule has 0 saturated heterocycles. The Balaban J connectivity index is 1.56.